The number of imide groups is 2. The van der Waals surface area contributed by atoms with E-state index in [-0.39, 0.29) is 25.9 Å². The second-order valence-electron chi connectivity index (χ2n) is 17.5. The van der Waals surface area contributed by atoms with E-state index in [1.165, 1.54) is 0 Å². The summed E-state index contributed by atoms with van der Waals surface area (Å²) in [5.41, 5.74) is -6.44. The van der Waals surface area contributed by atoms with Gasteiger partial charge in [-0.1, -0.05) is 12.8 Å². The third kappa shape index (κ3) is 3.91. The Hall–Kier alpha value is -2.26. The van der Waals surface area contributed by atoms with Crippen LogP contribution in [0.1, 0.15) is 51.4 Å². The minimum Gasteiger partial charge on any atom is -0.348 e. The molecule has 10 aliphatic rings. The van der Waals surface area contributed by atoms with Gasteiger partial charge in [-0.05, 0) is 88.4 Å². The standard InChI is InChI=1S/C36H44F6N4O5/c37-35(38,39)33-25-17-15-18(22-21(17)29(47)45(30(22)48)13-11-43-7-3-1-4-8-43)26(25)34(51-33,36(40,41)42)28-20-16-19(27(28)33)23-24(20)32(50)46(31(23)49)14-12-44-9-5-2-6-10-44/h17-28H,1-16H2/t17-,18+,19+,20-,21-,22+,23+,24-,25-,26+,27+,28-,33?,34?. The number of fused-ring (bicyclic) bond motifs is 22. The fourth-order valence-electron chi connectivity index (χ4n) is 14.6. The van der Waals surface area contributed by atoms with Gasteiger partial charge < -0.3 is 14.5 Å². The van der Waals surface area contributed by atoms with Crippen LogP contribution in [0.2, 0.25) is 0 Å². The molecule has 14 atom stereocenters. The van der Waals surface area contributed by atoms with Gasteiger partial charge >= 0.3 is 12.4 Å². The molecule has 9 nitrogen and oxygen atoms in total. The van der Waals surface area contributed by atoms with Crippen LogP contribution in [0.25, 0.3) is 0 Å². The fraction of sp³-hybridized carbons (Fsp3) is 0.889. The molecule has 0 aromatic heterocycles. The van der Waals surface area contributed by atoms with E-state index in [9.17, 15) is 19.2 Å². The number of piperidine rings is 2. The maximum Gasteiger partial charge on any atom is 0.418 e. The highest BCUT2D eigenvalue weighted by atomic mass is 19.4. The third-order valence-electron chi connectivity index (χ3n) is 15.9. The lowest BCUT2D eigenvalue weighted by atomic mass is 9.46. The monoisotopic (exact) mass is 726 g/mol. The van der Waals surface area contributed by atoms with Crippen LogP contribution >= 0.6 is 0 Å². The second kappa shape index (κ2) is 10.7. The minimum absolute atomic E-state index is 0.0646. The third-order valence-corrected chi connectivity index (χ3v) is 15.9. The summed E-state index contributed by atoms with van der Waals surface area (Å²) in [4.78, 5) is 62.2. The Bertz CT molecular complexity index is 1380. The average Bonchev–Trinajstić information content (AvgIpc) is 3.94. The lowest BCUT2D eigenvalue weighted by molar-refractivity contribution is -0.329. The zero-order valence-electron chi connectivity index (χ0n) is 28.3. The molecule has 0 N–H and O–H groups in total. The van der Waals surface area contributed by atoms with Gasteiger partial charge in [0.2, 0.25) is 23.6 Å². The Labute approximate surface area is 291 Å². The van der Waals surface area contributed by atoms with Gasteiger partial charge in [-0.2, -0.15) is 26.3 Å². The van der Waals surface area contributed by atoms with Crippen LogP contribution in [0.15, 0.2) is 0 Å². The largest absolute Gasteiger partial charge is 0.418 e. The SMILES string of the molecule is O=C1[C@@H]2[C@H]3C[C@@H]([C@@H]2C(=O)N1CCN1CCCCC1)[C@H]1[C@@H]3C2(C(F)(F)F)OC1(C(F)(F)F)[C@@H]1[C@@H]3C[C@@H]([C@@H]4C(=O)N(CCN5CCCCC5)C(=O)[C@H]34)[C@@H]12. The molecule has 2 unspecified atom stereocenters. The van der Waals surface area contributed by atoms with Crippen molar-refractivity contribution in [1.29, 1.82) is 0 Å². The maximum atomic E-state index is 15.9. The highest BCUT2D eigenvalue weighted by Crippen LogP contribution is 2.86. The molecule has 4 amide bonds. The zero-order chi connectivity index (χ0) is 35.6. The molecule has 4 saturated carbocycles. The Morgan fingerprint density at radius 2 is 0.784 bits per heavy atom. The Kier molecular flexibility index (Phi) is 6.99. The van der Waals surface area contributed by atoms with Crippen LogP contribution in [0, 0.1) is 71.0 Å². The summed E-state index contributed by atoms with van der Waals surface area (Å²) in [5, 5.41) is 0. The summed E-state index contributed by atoms with van der Waals surface area (Å²) < 4.78 is 101. The van der Waals surface area contributed by atoms with Crippen molar-refractivity contribution in [3.8, 4) is 0 Å². The van der Waals surface area contributed by atoms with Crippen LogP contribution in [-0.2, 0) is 23.9 Å². The van der Waals surface area contributed by atoms with Crippen LogP contribution in [-0.4, -0.2) is 119 Å². The number of rotatable bonds is 6. The molecule has 15 heteroatoms. The number of ether oxygens (including phenoxy) is 1. The molecule has 6 saturated heterocycles. The summed E-state index contributed by atoms with van der Waals surface area (Å²) in [5.74, 6) is -17.7. The van der Waals surface area contributed by atoms with E-state index < -0.39 is 118 Å². The van der Waals surface area contributed by atoms with Crippen LogP contribution in [0.5, 0.6) is 0 Å². The summed E-state index contributed by atoms with van der Waals surface area (Å²) in [7, 11) is 0. The van der Waals surface area contributed by atoms with Crippen LogP contribution < -0.4 is 0 Å². The average molecular weight is 727 g/mol. The van der Waals surface area contributed by atoms with Crippen molar-refractivity contribution in [2.24, 2.45) is 71.0 Å². The topological polar surface area (TPSA) is 90.5 Å². The van der Waals surface area contributed by atoms with Crippen molar-refractivity contribution >= 4 is 23.6 Å². The number of hydrogen-bond acceptors (Lipinski definition) is 7. The molecule has 0 aromatic carbocycles. The lowest BCUT2D eigenvalue weighted by Crippen LogP contribution is -2.66. The lowest BCUT2D eigenvalue weighted by Gasteiger charge is -2.53. The summed E-state index contributed by atoms with van der Waals surface area (Å²) in [6.45, 7) is 4.24. The number of carbonyl (C=O) groups is 4. The van der Waals surface area contributed by atoms with Crippen LogP contribution in [0.4, 0.5) is 26.3 Å². The van der Waals surface area contributed by atoms with Gasteiger partial charge in [0.1, 0.15) is 0 Å². The first-order valence-electron chi connectivity index (χ1n) is 19.2. The first kappa shape index (κ1) is 33.3. The van der Waals surface area contributed by atoms with Crippen molar-refractivity contribution in [3.05, 3.63) is 0 Å². The van der Waals surface area contributed by atoms with Gasteiger partial charge in [0.15, 0.2) is 11.2 Å². The van der Waals surface area contributed by atoms with Gasteiger partial charge in [0.05, 0.1) is 23.7 Å². The number of halogens is 6. The summed E-state index contributed by atoms with van der Waals surface area (Å²) >= 11 is 0. The molecule has 0 spiro atoms. The van der Waals surface area contributed by atoms with Gasteiger partial charge in [-0.15, -0.1) is 0 Å². The predicted octanol–water partition coefficient (Wildman–Crippen LogP) is 3.57. The van der Waals surface area contributed by atoms with Crippen LogP contribution in [0.3, 0.4) is 0 Å². The molecule has 280 valence electrons. The van der Waals surface area contributed by atoms with E-state index in [1.54, 1.807) is 0 Å². The molecule has 10 fully saturated rings. The molecule has 6 aliphatic heterocycles. The molecule has 6 bridgehead atoms. The summed E-state index contributed by atoms with van der Waals surface area (Å²) in [6.07, 6.45) is -4.48. The zero-order valence-corrected chi connectivity index (χ0v) is 28.3. The number of amides is 4. The Morgan fingerprint density at radius 1 is 0.490 bits per heavy atom. The summed E-state index contributed by atoms with van der Waals surface area (Å²) in [6, 6.07) is 0. The van der Waals surface area contributed by atoms with E-state index in [4.69, 9.17) is 4.74 Å². The molecule has 4 aliphatic carbocycles. The van der Waals surface area contributed by atoms with Gasteiger partial charge in [0, 0.05) is 49.9 Å². The van der Waals surface area contributed by atoms with E-state index >= 15 is 26.3 Å². The number of nitrogens with zero attached hydrogens (tertiary/aromatic N) is 4. The van der Waals surface area contributed by atoms with E-state index in [0.29, 0.717) is 13.1 Å². The number of likely N-dealkylation sites (tertiary alicyclic amines) is 4. The minimum atomic E-state index is -5.23. The molecular formula is C36H44F6N4O5. The van der Waals surface area contributed by atoms with Crippen molar-refractivity contribution in [3.63, 3.8) is 0 Å². The van der Waals surface area contributed by atoms with Crippen molar-refractivity contribution in [2.75, 3.05) is 52.4 Å². The molecule has 6 heterocycles. The smallest absolute Gasteiger partial charge is 0.348 e. The molecule has 0 radical (unpaired) electrons. The normalized spacial score (nSPS) is 48.7. The van der Waals surface area contributed by atoms with Crippen molar-refractivity contribution in [1.82, 2.24) is 19.6 Å². The quantitative estimate of drug-likeness (QED) is 0.306. The molecule has 10 rings (SSSR count). The fourth-order valence-corrected chi connectivity index (χ4v) is 14.6. The molecule has 0 aromatic rings. The van der Waals surface area contributed by atoms with Crippen molar-refractivity contribution in [2.45, 2.75) is 74.9 Å². The number of alkyl halides is 6. The molecular weight excluding hydrogens is 682 g/mol. The van der Waals surface area contributed by atoms with E-state index in [0.717, 1.165) is 74.5 Å². The number of hydrogen-bond donors (Lipinski definition) is 0. The Balaban J connectivity index is 1.01. The van der Waals surface area contributed by atoms with Crippen molar-refractivity contribution < 1.29 is 50.3 Å². The van der Waals surface area contributed by atoms with E-state index in [2.05, 4.69) is 9.80 Å². The highest BCUT2D eigenvalue weighted by molar-refractivity contribution is 6.07. The van der Waals surface area contributed by atoms with Gasteiger partial charge in [-0.25, -0.2) is 0 Å². The van der Waals surface area contributed by atoms with E-state index in [1.807, 2.05) is 0 Å². The second-order valence-corrected chi connectivity index (χ2v) is 17.5. The highest BCUT2D eigenvalue weighted by Gasteiger charge is 2.97. The molecule has 51 heavy (non-hydrogen) atoms. The predicted molar refractivity (Wildman–Crippen MR) is 164 cm³/mol. The number of carbonyl (C=O) groups excluding carboxylic acids is 4. The Morgan fingerprint density at radius 3 is 1.06 bits per heavy atom. The first-order valence-corrected chi connectivity index (χ1v) is 19.2. The van der Waals surface area contributed by atoms with Gasteiger partial charge in [0.25, 0.3) is 0 Å². The van der Waals surface area contributed by atoms with Gasteiger partial charge in [-0.3, -0.25) is 29.0 Å². The maximum absolute atomic E-state index is 15.9. The first-order chi connectivity index (χ1) is 24.2.